The second-order valence-corrected chi connectivity index (χ2v) is 6.81. The quantitative estimate of drug-likeness (QED) is 0.345. The average Bonchev–Trinajstić information content (AvgIpc) is 2.70. The van der Waals surface area contributed by atoms with Crippen LogP contribution in [0.25, 0.3) is 0 Å². The summed E-state index contributed by atoms with van der Waals surface area (Å²) < 4.78 is 11.2. The Kier molecular flexibility index (Phi) is 9.05. The summed E-state index contributed by atoms with van der Waals surface area (Å²) in [7, 11) is 0. The number of hydrazone groups is 1. The molecule has 0 saturated carbocycles. The van der Waals surface area contributed by atoms with Crippen LogP contribution in [0, 0.1) is 13.8 Å². The van der Waals surface area contributed by atoms with E-state index in [2.05, 4.69) is 17.5 Å². The van der Waals surface area contributed by atoms with E-state index in [1.165, 1.54) is 24.8 Å². The minimum Gasteiger partial charge on any atom is -0.494 e. The SMILES string of the molecule is CCCCCCOc1ccc(/C=N/NC(=O)COc2ccc(C)c(C)c2)cc1. The highest BCUT2D eigenvalue weighted by Crippen LogP contribution is 2.16. The van der Waals surface area contributed by atoms with Crippen LogP contribution in [0.4, 0.5) is 0 Å². The molecule has 0 unspecified atom stereocenters. The molecule has 0 radical (unpaired) electrons. The first-order valence-electron chi connectivity index (χ1n) is 9.83. The van der Waals surface area contributed by atoms with Gasteiger partial charge >= 0.3 is 0 Å². The van der Waals surface area contributed by atoms with E-state index in [9.17, 15) is 4.79 Å². The Hall–Kier alpha value is -2.82. The highest BCUT2D eigenvalue weighted by Gasteiger charge is 2.02. The van der Waals surface area contributed by atoms with Crippen molar-refractivity contribution in [1.29, 1.82) is 0 Å². The Balaban J connectivity index is 1.69. The van der Waals surface area contributed by atoms with Crippen LogP contribution in [0.1, 0.15) is 49.3 Å². The summed E-state index contributed by atoms with van der Waals surface area (Å²) in [5.74, 6) is 1.22. The van der Waals surface area contributed by atoms with Gasteiger partial charge in [-0.25, -0.2) is 5.43 Å². The van der Waals surface area contributed by atoms with E-state index in [-0.39, 0.29) is 12.5 Å². The number of ether oxygens (including phenoxy) is 2. The normalized spacial score (nSPS) is 10.8. The van der Waals surface area contributed by atoms with Gasteiger partial charge in [-0.05, 0) is 73.4 Å². The molecule has 2 aromatic rings. The average molecular weight is 383 g/mol. The number of aryl methyl sites for hydroxylation is 2. The molecule has 0 spiro atoms. The van der Waals surface area contributed by atoms with E-state index < -0.39 is 0 Å². The lowest BCUT2D eigenvalue weighted by atomic mass is 10.1. The van der Waals surface area contributed by atoms with Crippen molar-refractivity contribution in [2.24, 2.45) is 5.10 Å². The Morgan fingerprint density at radius 3 is 2.43 bits per heavy atom. The molecule has 0 fully saturated rings. The number of carbonyl (C=O) groups excluding carboxylic acids is 1. The number of amides is 1. The molecule has 28 heavy (non-hydrogen) atoms. The zero-order valence-electron chi connectivity index (χ0n) is 17.0. The molecule has 0 bridgehead atoms. The third kappa shape index (κ3) is 7.82. The summed E-state index contributed by atoms with van der Waals surface area (Å²) in [4.78, 5) is 11.8. The number of benzene rings is 2. The molecule has 2 aromatic carbocycles. The minimum absolute atomic E-state index is 0.0787. The minimum atomic E-state index is -0.304. The van der Waals surface area contributed by atoms with Gasteiger partial charge in [-0.1, -0.05) is 32.3 Å². The molecule has 0 aliphatic heterocycles. The fourth-order valence-electron chi connectivity index (χ4n) is 2.53. The second-order valence-electron chi connectivity index (χ2n) is 6.81. The van der Waals surface area contributed by atoms with Crippen LogP contribution in [0.5, 0.6) is 11.5 Å². The Bertz CT molecular complexity index is 770. The maximum atomic E-state index is 11.8. The molecule has 150 valence electrons. The number of hydrogen-bond donors (Lipinski definition) is 1. The topological polar surface area (TPSA) is 59.9 Å². The largest absolute Gasteiger partial charge is 0.494 e. The molecule has 0 aliphatic carbocycles. The van der Waals surface area contributed by atoms with Gasteiger partial charge in [0.15, 0.2) is 6.61 Å². The second kappa shape index (κ2) is 11.8. The van der Waals surface area contributed by atoms with Crippen molar-refractivity contribution >= 4 is 12.1 Å². The molecule has 1 N–H and O–H groups in total. The highest BCUT2D eigenvalue weighted by atomic mass is 16.5. The third-order valence-electron chi connectivity index (χ3n) is 4.40. The Labute approximate surface area is 167 Å². The van der Waals surface area contributed by atoms with Gasteiger partial charge in [0, 0.05) is 0 Å². The third-order valence-corrected chi connectivity index (χ3v) is 4.40. The molecule has 5 heteroatoms. The number of nitrogens with one attached hydrogen (secondary N) is 1. The van der Waals surface area contributed by atoms with E-state index in [1.54, 1.807) is 6.21 Å². The van der Waals surface area contributed by atoms with Crippen molar-refractivity contribution in [3.05, 3.63) is 59.2 Å². The fraction of sp³-hybridized carbons (Fsp3) is 0.391. The van der Waals surface area contributed by atoms with Crippen LogP contribution in [-0.4, -0.2) is 25.3 Å². The van der Waals surface area contributed by atoms with Crippen molar-refractivity contribution in [3.63, 3.8) is 0 Å². The number of nitrogens with zero attached hydrogens (tertiary/aromatic N) is 1. The van der Waals surface area contributed by atoms with E-state index in [0.29, 0.717) is 5.75 Å². The molecular formula is C23H30N2O3. The van der Waals surface area contributed by atoms with Crippen molar-refractivity contribution < 1.29 is 14.3 Å². The summed E-state index contributed by atoms with van der Waals surface area (Å²) in [6.45, 7) is 6.90. The fourth-order valence-corrected chi connectivity index (χ4v) is 2.53. The molecule has 0 heterocycles. The summed E-state index contributed by atoms with van der Waals surface area (Å²) in [5, 5.41) is 3.97. The number of carbonyl (C=O) groups is 1. The first kappa shape index (κ1) is 21.5. The van der Waals surface area contributed by atoms with Crippen LogP contribution < -0.4 is 14.9 Å². The van der Waals surface area contributed by atoms with Gasteiger partial charge in [-0.2, -0.15) is 5.10 Å². The standard InChI is InChI=1S/C23H30N2O3/c1-4-5-6-7-14-27-21-12-9-20(10-13-21)16-24-25-23(26)17-28-22-11-8-18(2)19(3)15-22/h8-13,15-16H,4-7,14,17H2,1-3H3,(H,25,26)/b24-16+. The van der Waals surface area contributed by atoms with Crippen molar-refractivity contribution in [3.8, 4) is 11.5 Å². The molecule has 0 aromatic heterocycles. The molecule has 0 atom stereocenters. The summed E-state index contributed by atoms with van der Waals surface area (Å²) in [6, 6.07) is 13.4. The van der Waals surface area contributed by atoms with Gasteiger partial charge in [0.05, 0.1) is 12.8 Å². The van der Waals surface area contributed by atoms with E-state index in [1.807, 2.05) is 56.3 Å². The van der Waals surface area contributed by atoms with E-state index in [0.717, 1.165) is 29.9 Å². The highest BCUT2D eigenvalue weighted by molar-refractivity contribution is 5.83. The number of rotatable bonds is 11. The molecule has 5 nitrogen and oxygen atoms in total. The van der Waals surface area contributed by atoms with Crippen molar-refractivity contribution in [2.45, 2.75) is 46.5 Å². The molecule has 0 saturated heterocycles. The van der Waals surface area contributed by atoms with E-state index >= 15 is 0 Å². The van der Waals surface area contributed by atoms with Crippen LogP contribution in [-0.2, 0) is 4.79 Å². The molecular weight excluding hydrogens is 352 g/mol. The summed E-state index contributed by atoms with van der Waals surface area (Å²) in [6.07, 6.45) is 6.35. The lowest BCUT2D eigenvalue weighted by Gasteiger charge is -2.07. The lowest BCUT2D eigenvalue weighted by Crippen LogP contribution is -2.24. The van der Waals surface area contributed by atoms with Crippen molar-refractivity contribution in [1.82, 2.24) is 5.43 Å². The predicted molar refractivity (Wildman–Crippen MR) is 113 cm³/mol. The van der Waals surface area contributed by atoms with Crippen LogP contribution in [0.3, 0.4) is 0 Å². The van der Waals surface area contributed by atoms with Gasteiger partial charge in [0.25, 0.3) is 5.91 Å². The predicted octanol–water partition coefficient (Wildman–Crippen LogP) is 4.79. The maximum Gasteiger partial charge on any atom is 0.277 e. The van der Waals surface area contributed by atoms with Gasteiger partial charge in [-0.15, -0.1) is 0 Å². The lowest BCUT2D eigenvalue weighted by molar-refractivity contribution is -0.123. The zero-order valence-corrected chi connectivity index (χ0v) is 17.0. The van der Waals surface area contributed by atoms with Gasteiger partial charge in [-0.3, -0.25) is 4.79 Å². The maximum absolute atomic E-state index is 11.8. The van der Waals surface area contributed by atoms with Gasteiger partial charge < -0.3 is 9.47 Å². The number of hydrogen-bond acceptors (Lipinski definition) is 4. The Morgan fingerprint density at radius 2 is 1.71 bits per heavy atom. The van der Waals surface area contributed by atoms with Crippen molar-refractivity contribution in [2.75, 3.05) is 13.2 Å². The van der Waals surface area contributed by atoms with Crippen LogP contribution >= 0.6 is 0 Å². The molecule has 2 rings (SSSR count). The monoisotopic (exact) mass is 382 g/mol. The smallest absolute Gasteiger partial charge is 0.277 e. The van der Waals surface area contributed by atoms with Crippen LogP contribution in [0.2, 0.25) is 0 Å². The number of unbranched alkanes of at least 4 members (excludes halogenated alkanes) is 3. The van der Waals surface area contributed by atoms with Gasteiger partial charge in [0.2, 0.25) is 0 Å². The zero-order chi connectivity index (χ0) is 20.2. The van der Waals surface area contributed by atoms with E-state index in [4.69, 9.17) is 9.47 Å². The van der Waals surface area contributed by atoms with Crippen LogP contribution in [0.15, 0.2) is 47.6 Å². The Morgan fingerprint density at radius 1 is 0.964 bits per heavy atom. The summed E-state index contributed by atoms with van der Waals surface area (Å²) in [5.41, 5.74) is 5.67. The first-order valence-corrected chi connectivity index (χ1v) is 9.83. The molecule has 1 amide bonds. The van der Waals surface area contributed by atoms with Gasteiger partial charge in [0.1, 0.15) is 11.5 Å². The first-order chi connectivity index (χ1) is 13.6. The molecule has 0 aliphatic rings. The summed E-state index contributed by atoms with van der Waals surface area (Å²) >= 11 is 0.